The van der Waals surface area contributed by atoms with E-state index in [0.29, 0.717) is 40.8 Å². The van der Waals surface area contributed by atoms with Gasteiger partial charge < -0.3 is 20.4 Å². The molecule has 0 bridgehead atoms. The van der Waals surface area contributed by atoms with Gasteiger partial charge in [0.1, 0.15) is 0 Å². The lowest BCUT2D eigenvalue weighted by atomic mass is 9.82. The van der Waals surface area contributed by atoms with Gasteiger partial charge in [-0.15, -0.1) is 0 Å². The molecule has 0 saturated carbocycles. The van der Waals surface area contributed by atoms with Gasteiger partial charge in [0, 0.05) is 30.1 Å². The van der Waals surface area contributed by atoms with Crippen molar-refractivity contribution < 1.29 is 19.8 Å². The summed E-state index contributed by atoms with van der Waals surface area (Å²) in [5.41, 5.74) is 2.07. The third-order valence-corrected chi connectivity index (χ3v) is 8.12. The summed E-state index contributed by atoms with van der Waals surface area (Å²) in [6.45, 7) is 2.02. The minimum Gasteiger partial charge on any atom is -0.394 e. The van der Waals surface area contributed by atoms with Crippen molar-refractivity contribution >= 4 is 28.4 Å². The molecule has 0 unspecified atom stereocenters. The van der Waals surface area contributed by atoms with Crippen LogP contribution in [0.5, 0.6) is 0 Å². The molecule has 2 aliphatic heterocycles. The van der Waals surface area contributed by atoms with Crippen LogP contribution in [0.1, 0.15) is 30.0 Å². The van der Waals surface area contributed by atoms with Crippen LogP contribution in [0.15, 0.2) is 83.7 Å². The molecule has 0 radical (unpaired) electrons. The van der Waals surface area contributed by atoms with Gasteiger partial charge >= 0.3 is 0 Å². The quantitative estimate of drug-likeness (QED) is 0.281. The van der Waals surface area contributed by atoms with Gasteiger partial charge in [0.05, 0.1) is 29.2 Å². The zero-order valence-electron chi connectivity index (χ0n) is 22.0. The van der Waals surface area contributed by atoms with Gasteiger partial charge in [0.15, 0.2) is 5.60 Å². The first-order valence-corrected chi connectivity index (χ1v) is 13.3. The summed E-state index contributed by atoms with van der Waals surface area (Å²) in [4.78, 5) is 40.8. The number of aliphatic hydroxyl groups excluding tert-OH is 1. The van der Waals surface area contributed by atoms with Crippen LogP contribution in [0.4, 0.5) is 5.69 Å². The maximum absolute atomic E-state index is 13.1. The topological polar surface area (TPSA) is 128 Å². The molecule has 4 N–H and O–H groups in total. The predicted octanol–water partition coefficient (Wildman–Crippen LogP) is 2.99. The van der Waals surface area contributed by atoms with Crippen molar-refractivity contribution in [3.05, 3.63) is 106 Å². The van der Waals surface area contributed by atoms with E-state index in [2.05, 4.69) is 10.4 Å². The summed E-state index contributed by atoms with van der Waals surface area (Å²) < 4.78 is 1.39. The summed E-state index contributed by atoms with van der Waals surface area (Å²) in [7, 11) is 0. The summed E-state index contributed by atoms with van der Waals surface area (Å²) in [5.74, 6) is -1.38. The Bertz CT molecular complexity index is 1720. The number of fused-ring (bicyclic) bond motifs is 3. The van der Waals surface area contributed by atoms with E-state index in [-0.39, 0.29) is 30.5 Å². The monoisotopic (exact) mass is 538 g/mol. The van der Waals surface area contributed by atoms with Crippen LogP contribution in [-0.2, 0) is 28.2 Å². The van der Waals surface area contributed by atoms with Crippen LogP contribution in [0.3, 0.4) is 0 Å². The summed E-state index contributed by atoms with van der Waals surface area (Å²) >= 11 is 0. The molecule has 3 aromatic carbocycles. The van der Waals surface area contributed by atoms with Crippen LogP contribution in [0.25, 0.3) is 16.6 Å². The highest BCUT2D eigenvalue weighted by molar-refractivity contribution is 6.05. The molecular formula is C31H30N4O5. The van der Waals surface area contributed by atoms with Gasteiger partial charge in [-0.3, -0.25) is 19.5 Å². The first-order valence-electron chi connectivity index (χ1n) is 13.3. The number of hydrogen-bond acceptors (Lipinski definition) is 5. The SMILES string of the molecule is C[C@@H](/C=C/CC(=O)N1Cc2ccccc2C[C@H]1CO)[C@]1(O)C(=O)Nc2ccc(-n3[nH]c4ccccc4c3=O)cc21. The second kappa shape index (κ2) is 9.93. The van der Waals surface area contributed by atoms with E-state index in [1.807, 2.05) is 36.4 Å². The second-order valence-electron chi connectivity index (χ2n) is 10.5. The molecule has 40 heavy (non-hydrogen) atoms. The summed E-state index contributed by atoms with van der Waals surface area (Å²) in [5, 5.41) is 27.9. The predicted molar refractivity (Wildman–Crippen MR) is 151 cm³/mol. The van der Waals surface area contributed by atoms with E-state index in [9.17, 15) is 24.6 Å². The van der Waals surface area contributed by atoms with Crippen LogP contribution in [-0.4, -0.2) is 49.4 Å². The number of hydrogen-bond donors (Lipinski definition) is 4. The molecular weight excluding hydrogens is 508 g/mol. The van der Waals surface area contributed by atoms with Crippen molar-refractivity contribution in [1.82, 2.24) is 14.7 Å². The number of amides is 2. The van der Waals surface area contributed by atoms with E-state index < -0.39 is 17.4 Å². The molecule has 2 amide bonds. The normalized spacial score (nSPS) is 20.9. The van der Waals surface area contributed by atoms with Crippen LogP contribution in [0.2, 0.25) is 0 Å². The molecule has 204 valence electrons. The highest BCUT2D eigenvalue weighted by Gasteiger charge is 2.48. The Morgan fingerprint density at radius 2 is 1.85 bits per heavy atom. The van der Waals surface area contributed by atoms with E-state index in [1.54, 1.807) is 54.3 Å². The van der Waals surface area contributed by atoms with Crippen LogP contribution >= 0.6 is 0 Å². The molecule has 3 heterocycles. The van der Waals surface area contributed by atoms with Crippen molar-refractivity contribution in [2.24, 2.45) is 5.92 Å². The maximum Gasteiger partial charge on any atom is 0.279 e. The van der Waals surface area contributed by atoms with Crippen molar-refractivity contribution in [2.45, 2.75) is 38.0 Å². The Morgan fingerprint density at radius 3 is 2.62 bits per heavy atom. The lowest BCUT2D eigenvalue weighted by Gasteiger charge is -2.36. The number of nitrogens with one attached hydrogen (secondary N) is 2. The fourth-order valence-corrected chi connectivity index (χ4v) is 5.80. The van der Waals surface area contributed by atoms with Gasteiger partial charge in [0.2, 0.25) is 5.91 Å². The van der Waals surface area contributed by atoms with Crippen molar-refractivity contribution in [1.29, 1.82) is 0 Å². The zero-order chi connectivity index (χ0) is 28.0. The molecule has 0 saturated heterocycles. The number of para-hydroxylation sites is 1. The number of benzene rings is 3. The largest absolute Gasteiger partial charge is 0.394 e. The first kappa shape index (κ1) is 25.8. The number of rotatable bonds is 6. The van der Waals surface area contributed by atoms with E-state index in [4.69, 9.17) is 0 Å². The molecule has 2 aliphatic rings. The number of nitrogens with zero attached hydrogens (tertiary/aromatic N) is 2. The Labute approximate surface area is 230 Å². The van der Waals surface area contributed by atoms with Crippen LogP contribution in [0, 0.1) is 5.92 Å². The molecule has 1 aromatic heterocycles. The molecule has 6 rings (SSSR count). The lowest BCUT2D eigenvalue weighted by Crippen LogP contribution is -2.46. The zero-order valence-corrected chi connectivity index (χ0v) is 22.0. The summed E-state index contributed by atoms with van der Waals surface area (Å²) in [6, 6.07) is 19.8. The number of aromatic nitrogens is 2. The van der Waals surface area contributed by atoms with Gasteiger partial charge in [0.25, 0.3) is 11.5 Å². The van der Waals surface area contributed by atoms with E-state index in [1.165, 1.54) is 4.68 Å². The number of carbonyl (C=O) groups excluding carboxylic acids is 2. The van der Waals surface area contributed by atoms with E-state index >= 15 is 0 Å². The highest BCUT2D eigenvalue weighted by atomic mass is 16.3. The number of aliphatic hydroxyl groups is 2. The summed E-state index contributed by atoms with van der Waals surface area (Å²) in [6.07, 6.45) is 3.99. The number of anilines is 1. The van der Waals surface area contributed by atoms with Crippen LogP contribution < -0.4 is 10.9 Å². The first-order chi connectivity index (χ1) is 19.3. The molecule has 9 nitrogen and oxygen atoms in total. The fourth-order valence-electron chi connectivity index (χ4n) is 5.80. The second-order valence-corrected chi connectivity index (χ2v) is 10.5. The molecule has 0 spiro atoms. The molecule has 0 aliphatic carbocycles. The Morgan fingerprint density at radius 1 is 1.10 bits per heavy atom. The smallest absolute Gasteiger partial charge is 0.279 e. The average molecular weight is 539 g/mol. The van der Waals surface area contributed by atoms with Crippen molar-refractivity contribution in [3.63, 3.8) is 0 Å². The number of aromatic amines is 1. The Balaban J connectivity index is 1.23. The third kappa shape index (κ3) is 4.14. The minimum atomic E-state index is -1.89. The fraction of sp³-hybridized carbons (Fsp3) is 0.258. The van der Waals surface area contributed by atoms with Crippen molar-refractivity contribution in [2.75, 3.05) is 11.9 Å². The Kier molecular flexibility index (Phi) is 6.40. The average Bonchev–Trinajstić information content (AvgIpc) is 3.45. The lowest BCUT2D eigenvalue weighted by molar-refractivity contribution is -0.137. The van der Waals surface area contributed by atoms with Gasteiger partial charge in [-0.1, -0.05) is 55.5 Å². The molecule has 4 aromatic rings. The maximum atomic E-state index is 13.1. The van der Waals surface area contributed by atoms with Gasteiger partial charge in [-0.05, 0) is 47.9 Å². The minimum absolute atomic E-state index is 0.0675. The van der Waals surface area contributed by atoms with E-state index in [0.717, 1.165) is 11.1 Å². The standard InChI is InChI=1S/C31H30N4O5/c1-19(7-6-12-28(37)34-17-21-9-3-2-8-20(21)15-23(34)18-36)31(40)25-16-22(13-14-27(25)32-30(31)39)35-29(38)24-10-4-5-11-26(24)33-35/h2-11,13-14,16,19,23,33,36,40H,12,15,17-18H2,1H3,(H,32,39)/b7-6+/t19-,23-,31+/m0/s1. The van der Waals surface area contributed by atoms with Gasteiger partial charge in [-0.2, -0.15) is 0 Å². The Hall–Kier alpha value is -4.47. The van der Waals surface area contributed by atoms with Gasteiger partial charge in [-0.25, -0.2) is 4.68 Å². The highest BCUT2D eigenvalue weighted by Crippen LogP contribution is 2.42. The number of carbonyl (C=O) groups is 2. The molecule has 9 heteroatoms. The molecule has 0 fully saturated rings. The van der Waals surface area contributed by atoms with Crippen molar-refractivity contribution in [3.8, 4) is 5.69 Å². The third-order valence-electron chi connectivity index (χ3n) is 8.12. The molecule has 3 atom stereocenters. The number of H-pyrrole nitrogens is 1.